The summed E-state index contributed by atoms with van der Waals surface area (Å²) in [4.78, 5) is 27.1. The molecule has 2 aromatic rings. The number of aryl methyl sites for hydroxylation is 1. The first kappa shape index (κ1) is 24.0. The van der Waals surface area contributed by atoms with E-state index in [4.69, 9.17) is 27.9 Å². The van der Waals surface area contributed by atoms with Gasteiger partial charge < -0.3 is 15.0 Å². The molecule has 0 unspecified atom stereocenters. The third-order valence-corrected chi connectivity index (χ3v) is 5.43. The Morgan fingerprint density at radius 3 is 2.47 bits per heavy atom. The van der Waals surface area contributed by atoms with Crippen molar-refractivity contribution >= 4 is 35.0 Å². The van der Waals surface area contributed by atoms with E-state index in [1.54, 1.807) is 37.3 Å². The highest BCUT2D eigenvalue weighted by Gasteiger charge is 2.26. The summed E-state index contributed by atoms with van der Waals surface area (Å²) in [5.74, 6) is 0.0838. The number of nitrogens with one attached hydrogen (secondary N) is 1. The third-order valence-electron chi connectivity index (χ3n) is 4.75. The topological polar surface area (TPSA) is 58.6 Å². The van der Waals surface area contributed by atoms with Crippen LogP contribution in [0.4, 0.5) is 0 Å². The number of rotatable bonds is 10. The molecule has 0 aliphatic heterocycles. The number of amides is 2. The summed E-state index contributed by atoms with van der Waals surface area (Å²) in [6.07, 6.45) is 1.87. The van der Waals surface area contributed by atoms with Gasteiger partial charge in [-0.1, -0.05) is 48.7 Å². The average Bonchev–Trinajstić information content (AvgIpc) is 2.73. The summed E-state index contributed by atoms with van der Waals surface area (Å²) in [5.41, 5.74) is 1.74. The number of hydrogen-bond acceptors (Lipinski definition) is 3. The largest absolute Gasteiger partial charge is 0.484 e. The second kappa shape index (κ2) is 11.8. The number of halogens is 2. The molecule has 2 aromatic carbocycles. The van der Waals surface area contributed by atoms with Crippen LogP contribution >= 0.6 is 23.2 Å². The van der Waals surface area contributed by atoms with Gasteiger partial charge in [0.05, 0.1) is 0 Å². The van der Waals surface area contributed by atoms with Crippen LogP contribution in [-0.2, 0) is 16.1 Å². The number of hydrogen-bond donors (Lipinski definition) is 1. The Morgan fingerprint density at radius 1 is 1.13 bits per heavy atom. The normalized spacial score (nSPS) is 11.6. The van der Waals surface area contributed by atoms with Crippen LogP contribution in [0.2, 0.25) is 10.0 Å². The van der Waals surface area contributed by atoms with E-state index in [1.807, 2.05) is 19.1 Å². The van der Waals surface area contributed by atoms with Crippen LogP contribution < -0.4 is 10.1 Å². The molecule has 0 radical (unpaired) electrons. The number of ether oxygens (including phenoxy) is 1. The van der Waals surface area contributed by atoms with Gasteiger partial charge in [0, 0.05) is 23.1 Å². The Labute approximate surface area is 188 Å². The molecule has 0 aliphatic rings. The minimum atomic E-state index is -0.638. The van der Waals surface area contributed by atoms with E-state index in [9.17, 15) is 9.59 Å². The van der Waals surface area contributed by atoms with Crippen LogP contribution in [0.3, 0.4) is 0 Å². The van der Waals surface area contributed by atoms with Gasteiger partial charge in [-0.25, -0.2) is 0 Å². The first-order valence-electron chi connectivity index (χ1n) is 10.0. The molecule has 7 heteroatoms. The third kappa shape index (κ3) is 7.22. The summed E-state index contributed by atoms with van der Waals surface area (Å²) >= 11 is 12.0. The number of carbonyl (C=O) groups is 2. The van der Waals surface area contributed by atoms with Crippen LogP contribution in [0.5, 0.6) is 5.75 Å². The molecule has 2 rings (SSSR count). The number of nitrogens with zero attached hydrogens (tertiary/aromatic N) is 1. The zero-order chi connectivity index (χ0) is 22.1. The van der Waals surface area contributed by atoms with E-state index in [1.165, 1.54) is 4.90 Å². The van der Waals surface area contributed by atoms with Gasteiger partial charge in [0.2, 0.25) is 5.91 Å². The van der Waals surface area contributed by atoms with Crippen LogP contribution in [0, 0.1) is 6.92 Å². The fraction of sp³-hybridized carbons (Fsp3) is 0.391. The van der Waals surface area contributed by atoms with E-state index in [0.29, 0.717) is 22.3 Å². The molecule has 0 saturated carbocycles. The van der Waals surface area contributed by atoms with Crippen molar-refractivity contribution in [3.63, 3.8) is 0 Å². The summed E-state index contributed by atoms with van der Waals surface area (Å²) in [7, 11) is 0. The van der Waals surface area contributed by atoms with Crippen LogP contribution in [0.25, 0.3) is 0 Å². The summed E-state index contributed by atoms with van der Waals surface area (Å²) in [6.45, 7) is 6.34. The Kier molecular flexibility index (Phi) is 9.47. The second-order valence-corrected chi connectivity index (χ2v) is 8.01. The molecule has 0 heterocycles. The first-order valence-corrected chi connectivity index (χ1v) is 10.8. The lowest BCUT2D eigenvalue weighted by Crippen LogP contribution is -2.49. The Balaban J connectivity index is 2.11. The molecule has 1 N–H and O–H groups in total. The zero-order valence-electron chi connectivity index (χ0n) is 17.6. The van der Waals surface area contributed by atoms with E-state index < -0.39 is 6.04 Å². The SMILES string of the molecule is CCCCNC(=O)[C@H](C)N(Cc1ccc(Cl)cc1)C(=O)COc1ccc(Cl)c(C)c1. The average molecular weight is 451 g/mol. The maximum atomic E-state index is 13.0. The highest BCUT2D eigenvalue weighted by Crippen LogP contribution is 2.21. The molecule has 0 bridgehead atoms. The van der Waals surface area contributed by atoms with Crippen molar-refractivity contribution in [2.45, 2.75) is 46.2 Å². The second-order valence-electron chi connectivity index (χ2n) is 7.17. The zero-order valence-corrected chi connectivity index (χ0v) is 19.1. The Hall–Kier alpha value is -2.24. The number of carbonyl (C=O) groups excluding carboxylic acids is 2. The monoisotopic (exact) mass is 450 g/mol. The molecular weight excluding hydrogens is 423 g/mol. The maximum absolute atomic E-state index is 13.0. The quantitative estimate of drug-likeness (QED) is 0.517. The van der Waals surface area contributed by atoms with Crippen molar-refractivity contribution in [3.05, 3.63) is 63.6 Å². The molecule has 2 amide bonds. The van der Waals surface area contributed by atoms with Gasteiger partial charge in [-0.3, -0.25) is 9.59 Å². The minimum absolute atomic E-state index is 0.179. The number of unbranched alkanes of at least 4 members (excludes halogenated alkanes) is 1. The van der Waals surface area contributed by atoms with Gasteiger partial charge in [-0.05, 0) is 61.7 Å². The molecule has 0 aromatic heterocycles. The molecule has 162 valence electrons. The van der Waals surface area contributed by atoms with Crippen molar-refractivity contribution < 1.29 is 14.3 Å². The lowest BCUT2D eigenvalue weighted by atomic mass is 10.1. The van der Waals surface area contributed by atoms with Gasteiger partial charge in [0.25, 0.3) is 5.91 Å². The molecule has 0 spiro atoms. The lowest BCUT2D eigenvalue weighted by Gasteiger charge is -2.28. The van der Waals surface area contributed by atoms with Crippen LogP contribution in [0.15, 0.2) is 42.5 Å². The van der Waals surface area contributed by atoms with Crippen molar-refractivity contribution in [2.24, 2.45) is 0 Å². The summed E-state index contributed by atoms with van der Waals surface area (Å²) < 4.78 is 5.67. The first-order chi connectivity index (χ1) is 14.3. The molecule has 0 fully saturated rings. The molecule has 5 nitrogen and oxygen atoms in total. The van der Waals surface area contributed by atoms with Gasteiger partial charge in [0.1, 0.15) is 11.8 Å². The fourth-order valence-electron chi connectivity index (χ4n) is 2.84. The smallest absolute Gasteiger partial charge is 0.261 e. The van der Waals surface area contributed by atoms with E-state index >= 15 is 0 Å². The predicted molar refractivity (Wildman–Crippen MR) is 121 cm³/mol. The highest BCUT2D eigenvalue weighted by atomic mass is 35.5. The molecule has 30 heavy (non-hydrogen) atoms. The lowest BCUT2D eigenvalue weighted by molar-refractivity contribution is -0.142. The van der Waals surface area contributed by atoms with Crippen LogP contribution in [0.1, 0.15) is 37.8 Å². The van der Waals surface area contributed by atoms with E-state index in [0.717, 1.165) is 24.0 Å². The highest BCUT2D eigenvalue weighted by molar-refractivity contribution is 6.31. The summed E-state index contributed by atoms with van der Waals surface area (Å²) in [5, 5.41) is 4.14. The molecular formula is C23H28Cl2N2O3. The van der Waals surface area contributed by atoms with Crippen molar-refractivity contribution in [2.75, 3.05) is 13.2 Å². The Morgan fingerprint density at radius 2 is 1.83 bits per heavy atom. The Bertz CT molecular complexity index is 856. The van der Waals surface area contributed by atoms with Gasteiger partial charge in [-0.2, -0.15) is 0 Å². The maximum Gasteiger partial charge on any atom is 0.261 e. The van der Waals surface area contributed by atoms with Gasteiger partial charge >= 0.3 is 0 Å². The summed E-state index contributed by atoms with van der Waals surface area (Å²) in [6, 6.07) is 11.8. The fourth-order valence-corrected chi connectivity index (χ4v) is 3.08. The molecule has 0 saturated heterocycles. The standard InChI is InChI=1S/C23H28Cl2N2O3/c1-4-5-12-26-23(29)17(3)27(14-18-6-8-19(24)9-7-18)22(28)15-30-20-10-11-21(25)16(2)13-20/h6-11,13,17H,4-5,12,14-15H2,1-3H3,(H,26,29)/t17-/m0/s1. The van der Waals surface area contributed by atoms with Gasteiger partial charge in [0.15, 0.2) is 6.61 Å². The van der Waals surface area contributed by atoms with Crippen LogP contribution in [-0.4, -0.2) is 35.9 Å². The molecule has 0 aliphatic carbocycles. The number of benzene rings is 2. The molecule has 1 atom stereocenters. The predicted octanol–water partition coefficient (Wildman–Crippen LogP) is 5.01. The minimum Gasteiger partial charge on any atom is -0.484 e. The van der Waals surface area contributed by atoms with E-state index in [-0.39, 0.29) is 25.0 Å². The van der Waals surface area contributed by atoms with Gasteiger partial charge in [-0.15, -0.1) is 0 Å². The van der Waals surface area contributed by atoms with Crippen molar-refractivity contribution in [3.8, 4) is 5.75 Å². The van der Waals surface area contributed by atoms with E-state index in [2.05, 4.69) is 12.2 Å². The van der Waals surface area contributed by atoms with Crippen molar-refractivity contribution in [1.29, 1.82) is 0 Å². The van der Waals surface area contributed by atoms with Crippen molar-refractivity contribution in [1.82, 2.24) is 10.2 Å².